The van der Waals surface area contributed by atoms with Crippen molar-refractivity contribution >= 4 is 28.7 Å². The van der Waals surface area contributed by atoms with Crippen LogP contribution < -0.4 is 25.8 Å². The molecule has 0 saturated heterocycles. The van der Waals surface area contributed by atoms with Crippen LogP contribution in [0.2, 0.25) is 0 Å². The second-order valence-corrected chi connectivity index (χ2v) is 6.77. The van der Waals surface area contributed by atoms with Crippen molar-refractivity contribution in [3.63, 3.8) is 0 Å². The highest BCUT2D eigenvalue weighted by Crippen LogP contribution is 2.40. The number of para-hydroxylation sites is 1. The second kappa shape index (κ2) is 7.31. The van der Waals surface area contributed by atoms with E-state index in [4.69, 9.17) is 20.9 Å². The van der Waals surface area contributed by atoms with Crippen LogP contribution in [0.4, 0.5) is 10.6 Å². The number of amides is 3. The van der Waals surface area contributed by atoms with Gasteiger partial charge in [-0.1, -0.05) is 18.2 Å². The number of hydrogen-bond acceptors (Lipinski definition) is 5. The number of ether oxygens (including phenoxy) is 2. The smallest absolute Gasteiger partial charge is 0.320 e. The number of fused-ring (bicyclic) bond motifs is 1. The second-order valence-electron chi connectivity index (χ2n) is 6.77. The molecule has 3 amide bonds. The molecule has 0 aliphatic heterocycles. The molecule has 29 heavy (non-hydrogen) atoms. The van der Waals surface area contributed by atoms with Crippen molar-refractivity contribution in [3.8, 4) is 17.2 Å². The maximum Gasteiger partial charge on any atom is 0.320 e. The van der Waals surface area contributed by atoms with Crippen molar-refractivity contribution in [2.24, 2.45) is 11.5 Å². The van der Waals surface area contributed by atoms with E-state index >= 15 is 0 Å². The largest absolute Gasteiger partial charge is 0.496 e. The van der Waals surface area contributed by atoms with E-state index in [1.807, 2.05) is 18.2 Å². The van der Waals surface area contributed by atoms with Gasteiger partial charge in [0.05, 0.1) is 18.2 Å². The highest BCUT2D eigenvalue weighted by Gasteiger charge is 2.35. The first kappa shape index (κ1) is 18.5. The van der Waals surface area contributed by atoms with E-state index in [1.54, 1.807) is 30.3 Å². The van der Waals surface area contributed by atoms with Crippen LogP contribution >= 0.6 is 0 Å². The van der Waals surface area contributed by atoms with Crippen molar-refractivity contribution in [3.05, 3.63) is 54.1 Å². The van der Waals surface area contributed by atoms with Gasteiger partial charge in [-0.25, -0.2) is 9.78 Å². The van der Waals surface area contributed by atoms with Gasteiger partial charge >= 0.3 is 6.03 Å². The maximum absolute atomic E-state index is 12.2. The Balaban J connectivity index is 1.91. The highest BCUT2D eigenvalue weighted by atomic mass is 16.5. The first-order chi connectivity index (χ1) is 14.0. The number of carbonyl (C=O) groups excluding carboxylic acids is 2. The van der Waals surface area contributed by atoms with E-state index in [0.29, 0.717) is 34.0 Å². The predicted octanol–water partition coefficient (Wildman–Crippen LogP) is 3.18. The molecule has 1 aliphatic rings. The molecule has 0 bridgehead atoms. The van der Waals surface area contributed by atoms with Crippen LogP contribution in [0.15, 0.2) is 48.5 Å². The molecule has 1 aromatic heterocycles. The Morgan fingerprint density at radius 2 is 1.79 bits per heavy atom. The molecule has 8 heteroatoms. The summed E-state index contributed by atoms with van der Waals surface area (Å²) < 4.78 is 11.3. The van der Waals surface area contributed by atoms with Gasteiger partial charge in [-0.2, -0.15) is 0 Å². The Labute approximate surface area is 167 Å². The Morgan fingerprint density at radius 3 is 2.38 bits per heavy atom. The summed E-state index contributed by atoms with van der Waals surface area (Å²) in [7, 11) is 1.45. The fourth-order valence-electron chi connectivity index (χ4n) is 3.19. The van der Waals surface area contributed by atoms with Gasteiger partial charge in [0.1, 0.15) is 11.5 Å². The monoisotopic (exact) mass is 392 g/mol. The Hall–Kier alpha value is -3.81. The number of nitrogens with zero attached hydrogens (tertiary/aromatic N) is 2. The lowest BCUT2D eigenvalue weighted by Gasteiger charge is -2.22. The molecule has 2 aromatic carbocycles. The third kappa shape index (κ3) is 3.64. The molecule has 1 heterocycles. The summed E-state index contributed by atoms with van der Waals surface area (Å²) in [5.41, 5.74) is 11.9. The van der Waals surface area contributed by atoms with E-state index in [9.17, 15) is 9.59 Å². The summed E-state index contributed by atoms with van der Waals surface area (Å²) in [6, 6.07) is 13.4. The quantitative estimate of drug-likeness (QED) is 0.667. The molecule has 4 N–H and O–H groups in total. The van der Waals surface area contributed by atoms with Crippen molar-refractivity contribution in [2.75, 3.05) is 12.0 Å². The lowest BCUT2D eigenvalue weighted by Crippen LogP contribution is -2.38. The molecule has 8 nitrogen and oxygen atoms in total. The van der Waals surface area contributed by atoms with Gasteiger partial charge in [0.25, 0.3) is 5.91 Å². The van der Waals surface area contributed by atoms with Crippen LogP contribution in [0.25, 0.3) is 10.9 Å². The van der Waals surface area contributed by atoms with Gasteiger partial charge in [-0.15, -0.1) is 0 Å². The highest BCUT2D eigenvalue weighted by molar-refractivity contribution is 6.01. The van der Waals surface area contributed by atoms with Crippen molar-refractivity contribution in [1.82, 2.24) is 4.98 Å². The van der Waals surface area contributed by atoms with Crippen LogP contribution in [0.3, 0.4) is 0 Å². The predicted molar refractivity (Wildman–Crippen MR) is 108 cm³/mol. The van der Waals surface area contributed by atoms with Crippen LogP contribution in [-0.2, 0) is 0 Å². The van der Waals surface area contributed by atoms with E-state index in [0.717, 1.165) is 12.8 Å². The zero-order chi connectivity index (χ0) is 20.5. The average Bonchev–Trinajstić information content (AvgIpc) is 3.53. The average molecular weight is 392 g/mol. The topological polar surface area (TPSA) is 121 Å². The minimum Gasteiger partial charge on any atom is -0.496 e. The molecule has 1 aliphatic carbocycles. The van der Waals surface area contributed by atoms with Crippen LogP contribution in [0.5, 0.6) is 17.2 Å². The molecule has 0 spiro atoms. The lowest BCUT2D eigenvalue weighted by molar-refractivity contribution is 0.0997. The Bertz CT molecular complexity index is 1100. The fraction of sp³-hybridized carbons (Fsp3) is 0.190. The summed E-state index contributed by atoms with van der Waals surface area (Å²) in [5, 5.41) is 0.620. The summed E-state index contributed by atoms with van der Waals surface area (Å²) >= 11 is 0. The van der Waals surface area contributed by atoms with E-state index in [-0.39, 0.29) is 11.6 Å². The molecule has 0 unspecified atom stereocenters. The van der Waals surface area contributed by atoms with Crippen molar-refractivity contribution < 1.29 is 19.1 Å². The number of anilines is 1. The van der Waals surface area contributed by atoms with Gasteiger partial charge in [0.2, 0.25) is 0 Å². The van der Waals surface area contributed by atoms with Crippen molar-refractivity contribution in [2.45, 2.75) is 18.9 Å². The number of methoxy groups -OCH3 is 1. The minimum absolute atomic E-state index is 0.0117. The molecular weight excluding hydrogens is 372 g/mol. The summed E-state index contributed by atoms with van der Waals surface area (Å²) in [6.07, 6.45) is 1.69. The number of rotatable bonds is 6. The lowest BCUT2D eigenvalue weighted by atomic mass is 10.1. The van der Waals surface area contributed by atoms with E-state index < -0.39 is 11.9 Å². The first-order valence-corrected chi connectivity index (χ1v) is 9.12. The summed E-state index contributed by atoms with van der Waals surface area (Å²) in [4.78, 5) is 30.0. The number of carbonyl (C=O) groups is 2. The Morgan fingerprint density at radius 1 is 1.07 bits per heavy atom. The maximum atomic E-state index is 12.2. The third-order valence-electron chi connectivity index (χ3n) is 4.70. The molecule has 0 radical (unpaired) electrons. The Kier molecular flexibility index (Phi) is 4.67. The molecular formula is C21H20N4O4. The number of hydrogen-bond donors (Lipinski definition) is 2. The fourth-order valence-corrected chi connectivity index (χ4v) is 3.19. The van der Waals surface area contributed by atoms with Crippen molar-refractivity contribution in [1.29, 1.82) is 0 Å². The SMILES string of the molecule is COc1cc2nc(N(C(N)=O)C3CC3)c(Oc3ccccc3)cc2cc1C(N)=O. The number of primary amides is 2. The molecule has 0 atom stereocenters. The molecule has 4 rings (SSSR count). The molecule has 1 fully saturated rings. The number of benzene rings is 2. The number of nitrogens with two attached hydrogens (primary N) is 2. The number of urea groups is 1. The van der Waals surface area contributed by atoms with Gasteiger partial charge in [-0.3, -0.25) is 9.69 Å². The number of pyridine rings is 1. The van der Waals surface area contributed by atoms with Gasteiger partial charge in [0.15, 0.2) is 11.6 Å². The summed E-state index contributed by atoms with van der Waals surface area (Å²) in [5.74, 6) is 0.950. The molecule has 3 aromatic rings. The van der Waals surface area contributed by atoms with E-state index in [2.05, 4.69) is 4.98 Å². The third-order valence-corrected chi connectivity index (χ3v) is 4.70. The van der Waals surface area contributed by atoms with Crippen LogP contribution in [0, 0.1) is 0 Å². The van der Waals surface area contributed by atoms with Gasteiger partial charge in [0, 0.05) is 17.5 Å². The minimum atomic E-state index is -0.616. The number of aromatic nitrogens is 1. The molecule has 1 saturated carbocycles. The van der Waals surface area contributed by atoms with Crippen LogP contribution in [0.1, 0.15) is 23.2 Å². The zero-order valence-electron chi connectivity index (χ0n) is 15.8. The normalized spacial score (nSPS) is 13.1. The standard InChI is InChI=1S/C21H20N4O4/c1-28-17-11-16-12(9-15(17)19(22)26)10-18(29-14-5-3-2-4-6-14)20(24-16)25(21(23)27)13-7-8-13/h2-6,9-11,13H,7-8H2,1H3,(H2,22,26)(H2,23,27). The molecule has 148 valence electrons. The van der Waals surface area contributed by atoms with Gasteiger partial charge < -0.3 is 20.9 Å². The van der Waals surface area contributed by atoms with E-state index in [1.165, 1.54) is 12.0 Å². The zero-order valence-corrected chi connectivity index (χ0v) is 15.8. The van der Waals surface area contributed by atoms with Crippen LogP contribution in [-0.4, -0.2) is 30.1 Å². The summed E-state index contributed by atoms with van der Waals surface area (Å²) in [6.45, 7) is 0. The van der Waals surface area contributed by atoms with Gasteiger partial charge in [-0.05, 0) is 37.1 Å². The first-order valence-electron chi connectivity index (χ1n) is 9.12.